The van der Waals surface area contributed by atoms with Crippen LogP contribution >= 0.6 is 0 Å². The topological polar surface area (TPSA) is 74.3 Å². The van der Waals surface area contributed by atoms with Gasteiger partial charge in [0.1, 0.15) is 11.6 Å². The number of anilines is 1. The molecule has 1 saturated heterocycles. The molecule has 1 fully saturated rings. The molecule has 0 radical (unpaired) electrons. The van der Waals surface area contributed by atoms with Gasteiger partial charge in [0.05, 0.1) is 25.0 Å². The zero-order chi connectivity index (χ0) is 20.1. The van der Waals surface area contributed by atoms with Crippen LogP contribution in [0, 0.1) is 0 Å². The van der Waals surface area contributed by atoms with E-state index in [1.807, 2.05) is 49.6 Å². The number of aromatic nitrogens is 3. The molecule has 3 heterocycles. The van der Waals surface area contributed by atoms with Crippen molar-refractivity contribution in [2.75, 3.05) is 44.2 Å². The van der Waals surface area contributed by atoms with E-state index in [-0.39, 0.29) is 5.97 Å². The minimum absolute atomic E-state index is 0.156. The number of H-pyrrole nitrogens is 1. The Labute approximate surface area is 170 Å². The van der Waals surface area contributed by atoms with Crippen molar-refractivity contribution in [3.8, 4) is 22.6 Å². The number of pyridine rings is 1. The van der Waals surface area contributed by atoms with Crippen molar-refractivity contribution < 1.29 is 9.53 Å². The first kappa shape index (κ1) is 19.1. The van der Waals surface area contributed by atoms with E-state index in [9.17, 15) is 4.79 Å². The van der Waals surface area contributed by atoms with Crippen LogP contribution in [0.4, 0.5) is 5.82 Å². The number of piperazine rings is 1. The number of nitrogens with one attached hydrogen (secondary N) is 1. The third kappa shape index (κ3) is 4.63. The van der Waals surface area contributed by atoms with Crippen molar-refractivity contribution in [1.29, 1.82) is 0 Å². The molecule has 2 aromatic heterocycles. The number of aromatic amines is 1. The van der Waals surface area contributed by atoms with Crippen molar-refractivity contribution in [1.82, 2.24) is 19.9 Å². The summed E-state index contributed by atoms with van der Waals surface area (Å²) in [6.45, 7) is 5.93. The molecule has 29 heavy (non-hydrogen) atoms. The molecule has 0 spiro atoms. The van der Waals surface area contributed by atoms with E-state index < -0.39 is 0 Å². The van der Waals surface area contributed by atoms with Crippen molar-refractivity contribution in [2.45, 2.75) is 6.92 Å². The predicted molar refractivity (Wildman–Crippen MR) is 113 cm³/mol. The van der Waals surface area contributed by atoms with Gasteiger partial charge in [-0.2, -0.15) is 0 Å². The van der Waals surface area contributed by atoms with Gasteiger partial charge in [-0.25, -0.2) is 9.97 Å². The van der Waals surface area contributed by atoms with E-state index in [0.29, 0.717) is 13.2 Å². The summed E-state index contributed by atoms with van der Waals surface area (Å²) in [7, 11) is 0. The maximum absolute atomic E-state index is 11.6. The lowest BCUT2D eigenvalue weighted by atomic mass is 10.2. The molecule has 0 unspecified atom stereocenters. The molecule has 150 valence electrons. The lowest BCUT2D eigenvalue weighted by molar-refractivity contribution is -0.144. The summed E-state index contributed by atoms with van der Waals surface area (Å²) in [5.74, 6) is 1.60. The van der Waals surface area contributed by atoms with Gasteiger partial charge in [-0.3, -0.25) is 9.69 Å². The van der Waals surface area contributed by atoms with Crippen molar-refractivity contribution in [2.24, 2.45) is 0 Å². The summed E-state index contributed by atoms with van der Waals surface area (Å²) in [5, 5.41) is 0. The number of ether oxygens (including phenoxy) is 1. The molecule has 0 bridgehead atoms. The van der Waals surface area contributed by atoms with Gasteiger partial charge in [0.15, 0.2) is 0 Å². The van der Waals surface area contributed by atoms with Crippen molar-refractivity contribution in [3.05, 3.63) is 54.9 Å². The van der Waals surface area contributed by atoms with Crippen LogP contribution in [0.2, 0.25) is 0 Å². The number of hydrogen-bond donors (Lipinski definition) is 1. The second kappa shape index (κ2) is 8.87. The number of carbonyl (C=O) groups is 1. The molecule has 0 atom stereocenters. The Balaban J connectivity index is 1.37. The van der Waals surface area contributed by atoms with Gasteiger partial charge in [0.25, 0.3) is 0 Å². The van der Waals surface area contributed by atoms with Crippen LogP contribution in [0.15, 0.2) is 54.9 Å². The minimum Gasteiger partial charge on any atom is -0.465 e. The van der Waals surface area contributed by atoms with E-state index in [1.165, 1.54) is 0 Å². The zero-order valence-electron chi connectivity index (χ0n) is 16.5. The monoisotopic (exact) mass is 391 g/mol. The maximum atomic E-state index is 11.6. The molecule has 7 nitrogen and oxygen atoms in total. The molecule has 0 saturated carbocycles. The number of esters is 1. The smallest absolute Gasteiger partial charge is 0.320 e. The van der Waals surface area contributed by atoms with Crippen LogP contribution < -0.4 is 4.90 Å². The number of imidazole rings is 1. The highest BCUT2D eigenvalue weighted by Crippen LogP contribution is 2.23. The number of rotatable bonds is 6. The lowest BCUT2D eigenvalue weighted by Crippen LogP contribution is -2.48. The quantitative estimate of drug-likeness (QED) is 0.652. The van der Waals surface area contributed by atoms with E-state index in [4.69, 9.17) is 4.74 Å². The molecule has 1 aliphatic heterocycles. The fourth-order valence-corrected chi connectivity index (χ4v) is 3.47. The highest BCUT2D eigenvalue weighted by atomic mass is 16.5. The van der Waals surface area contributed by atoms with Crippen LogP contribution in [-0.4, -0.2) is 65.2 Å². The first-order valence-electron chi connectivity index (χ1n) is 9.92. The molecule has 0 aliphatic carbocycles. The van der Waals surface area contributed by atoms with E-state index in [1.54, 1.807) is 0 Å². The summed E-state index contributed by atoms with van der Waals surface area (Å²) in [4.78, 5) is 28.5. The van der Waals surface area contributed by atoms with Gasteiger partial charge in [0.2, 0.25) is 0 Å². The van der Waals surface area contributed by atoms with Crippen molar-refractivity contribution >= 4 is 11.8 Å². The van der Waals surface area contributed by atoms with Gasteiger partial charge in [-0.15, -0.1) is 0 Å². The fourth-order valence-electron chi connectivity index (χ4n) is 3.47. The molecule has 0 amide bonds. The maximum Gasteiger partial charge on any atom is 0.320 e. The summed E-state index contributed by atoms with van der Waals surface area (Å²) < 4.78 is 5.03. The van der Waals surface area contributed by atoms with Crippen LogP contribution in [0.1, 0.15) is 6.92 Å². The molecule has 1 aromatic carbocycles. The van der Waals surface area contributed by atoms with E-state index in [0.717, 1.165) is 54.6 Å². The Hall–Kier alpha value is -3.19. The highest BCUT2D eigenvalue weighted by Gasteiger charge is 2.20. The molecule has 3 aromatic rings. The van der Waals surface area contributed by atoms with Crippen LogP contribution in [-0.2, 0) is 9.53 Å². The summed E-state index contributed by atoms with van der Waals surface area (Å²) in [6, 6.07) is 14.2. The fraction of sp³-hybridized carbons (Fsp3) is 0.318. The van der Waals surface area contributed by atoms with Crippen molar-refractivity contribution in [3.63, 3.8) is 0 Å². The molecule has 4 rings (SSSR count). The number of nitrogens with zero attached hydrogens (tertiary/aromatic N) is 4. The van der Waals surface area contributed by atoms with Gasteiger partial charge >= 0.3 is 5.97 Å². The number of hydrogen-bond acceptors (Lipinski definition) is 6. The number of carbonyl (C=O) groups excluding carboxylic acids is 1. The first-order valence-corrected chi connectivity index (χ1v) is 9.92. The summed E-state index contributed by atoms with van der Waals surface area (Å²) in [5.41, 5.74) is 3.05. The average Bonchev–Trinajstić information content (AvgIpc) is 3.26. The zero-order valence-corrected chi connectivity index (χ0v) is 16.5. The van der Waals surface area contributed by atoms with Gasteiger partial charge in [-0.05, 0) is 24.6 Å². The minimum atomic E-state index is -0.156. The SMILES string of the molecule is CCOC(=O)CN1CCN(c2ccc(-c3ncc(-c4ccccc4)[nH]3)cn2)CC1. The van der Waals surface area contributed by atoms with Crippen LogP contribution in [0.25, 0.3) is 22.6 Å². The second-order valence-electron chi connectivity index (χ2n) is 6.98. The molecule has 7 heteroatoms. The Morgan fingerprint density at radius 3 is 2.48 bits per heavy atom. The van der Waals surface area contributed by atoms with E-state index >= 15 is 0 Å². The normalized spacial score (nSPS) is 14.7. The van der Waals surface area contributed by atoms with Gasteiger partial charge < -0.3 is 14.6 Å². The standard InChI is InChI=1S/C22H25N5O2/c1-2-29-21(28)16-26-10-12-27(13-11-26)20-9-8-18(14-23-20)22-24-15-19(25-22)17-6-4-3-5-7-17/h3-9,14-15H,2,10-13,16H2,1H3,(H,24,25). The van der Waals surface area contributed by atoms with Crippen LogP contribution in [0.3, 0.4) is 0 Å². The van der Waals surface area contributed by atoms with Gasteiger partial charge in [-0.1, -0.05) is 30.3 Å². The lowest BCUT2D eigenvalue weighted by Gasteiger charge is -2.34. The molecule has 1 N–H and O–H groups in total. The highest BCUT2D eigenvalue weighted by molar-refractivity contribution is 5.71. The largest absolute Gasteiger partial charge is 0.465 e. The van der Waals surface area contributed by atoms with Crippen LogP contribution in [0.5, 0.6) is 0 Å². The Kier molecular flexibility index (Phi) is 5.86. The van der Waals surface area contributed by atoms with E-state index in [2.05, 4.69) is 36.9 Å². The Bertz CT molecular complexity index is 931. The average molecular weight is 391 g/mol. The molecular formula is C22H25N5O2. The molecule has 1 aliphatic rings. The first-order chi connectivity index (χ1) is 14.2. The predicted octanol–water partition coefficient (Wildman–Crippen LogP) is 2.82. The second-order valence-corrected chi connectivity index (χ2v) is 6.98. The Morgan fingerprint density at radius 1 is 1.00 bits per heavy atom. The number of benzene rings is 1. The summed E-state index contributed by atoms with van der Waals surface area (Å²) in [6.07, 6.45) is 3.70. The molecular weight excluding hydrogens is 366 g/mol. The third-order valence-electron chi connectivity index (χ3n) is 5.04. The van der Waals surface area contributed by atoms with Gasteiger partial charge in [0, 0.05) is 37.9 Å². The Morgan fingerprint density at radius 2 is 1.79 bits per heavy atom. The third-order valence-corrected chi connectivity index (χ3v) is 5.04. The summed E-state index contributed by atoms with van der Waals surface area (Å²) >= 11 is 0.